The first-order valence-corrected chi connectivity index (χ1v) is 4.75. The number of hydrogen-bond donors (Lipinski definition) is 0. The number of hydrogen-bond acceptors (Lipinski definition) is 0. The normalized spacial score (nSPS) is 53.4. The van der Waals surface area contributed by atoms with Crippen molar-refractivity contribution in [2.45, 2.75) is 39.5 Å². The highest BCUT2D eigenvalue weighted by Crippen LogP contribution is 2.48. The van der Waals surface area contributed by atoms with E-state index in [0.717, 1.165) is 23.7 Å². The molecule has 0 aromatic rings. The van der Waals surface area contributed by atoms with Crippen LogP contribution < -0.4 is 0 Å². The zero-order valence-electron chi connectivity index (χ0n) is 7.14. The molecule has 0 N–H and O–H groups in total. The van der Waals surface area contributed by atoms with E-state index in [1.807, 2.05) is 0 Å². The average Bonchev–Trinajstić information content (AvgIpc) is 2.21. The van der Waals surface area contributed by atoms with E-state index >= 15 is 0 Å². The molecule has 0 bridgehead atoms. The Hall–Kier alpha value is 0. The van der Waals surface area contributed by atoms with Crippen molar-refractivity contribution >= 4 is 0 Å². The van der Waals surface area contributed by atoms with Gasteiger partial charge in [-0.25, -0.2) is 0 Å². The van der Waals surface area contributed by atoms with Gasteiger partial charge in [0.1, 0.15) is 0 Å². The summed E-state index contributed by atoms with van der Waals surface area (Å²) in [5, 5.41) is 0. The van der Waals surface area contributed by atoms with Crippen molar-refractivity contribution in [1.29, 1.82) is 0 Å². The monoisotopic (exact) mass is 138 g/mol. The molecule has 0 saturated heterocycles. The molecule has 0 nitrogen and oxygen atoms in total. The van der Waals surface area contributed by atoms with Gasteiger partial charge in [0.15, 0.2) is 0 Å². The van der Waals surface area contributed by atoms with Crippen molar-refractivity contribution in [1.82, 2.24) is 0 Å². The molecule has 58 valence electrons. The van der Waals surface area contributed by atoms with Gasteiger partial charge in [0.25, 0.3) is 0 Å². The van der Waals surface area contributed by atoms with Crippen LogP contribution in [0.2, 0.25) is 0 Å². The Kier molecular flexibility index (Phi) is 1.51. The maximum Gasteiger partial charge on any atom is -0.0381 e. The Morgan fingerprint density at radius 1 is 0.700 bits per heavy atom. The summed E-state index contributed by atoms with van der Waals surface area (Å²) in [6.07, 6.45) is 6.15. The van der Waals surface area contributed by atoms with Gasteiger partial charge in [-0.05, 0) is 49.4 Å². The van der Waals surface area contributed by atoms with Gasteiger partial charge < -0.3 is 0 Å². The van der Waals surface area contributed by atoms with Crippen LogP contribution in [0.1, 0.15) is 39.5 Å². The molecule has 2 aliphatic carbocycles. The quantitative estimate of drug-likeness (QED) is 0.482. The number of rotatable bonds is 0. The zero-order valence-corrected chi connectivity index (χ0v) is 7.14. The molecule has 0 atom stereocenters. The molecule has 10 heavy (non-hydrogen) atoms. The maximum absolute atomic E-state index is 2.42. The second-order valence-electron chi connectivity index (χ2n) is 4.67. The van der Waals surface area contributed by atoms with Gasteiger partial charge in [0, 0.05) is 0 Å². The maximum atomic E-state index is 2.42. The van der Waals surface area contributed by atoms with E-state index in [0.29, 0.717) is 0 Å². The summed E-state index contributed by atoms with van der Waals surface area (Å²) in [5.41, 5.74) is 0. The van der Waals surface area contributed by atoms with Gasteiger partial charge in [-0.15, -0.1) is 0 Å². The minimum Gasteiger partial charge on any atom is -0.0625 e. The van der Waals surface area contributed by atoms with Crippen molar-refractivity contribution in [3.05, 3.63) is 0 Å². The highest BCUT2D eigenvalue weighted by molar-refractivity contribution is 4.88. The molecule has 0 spiro atoms. The van der Waals surface area contributed by atoms with Gasteiger partial charge in [0.2, 0.25) is 0 Å². The van der Waals surface area contributed by atoms with Gasteiger partial charge in [-0.2, -0.15) is 0 Å². The molecule has 0 amide bonds. The molecule has 0 heterocycles. The van der Waals surface area contributed by atoms with Crippen molar-refractivity contribution in [2.75, 3.05) is 0 Å². The Balaban J connectivity index is 2.00. The average molecular weight is 138 g/mol. The van der Waals surface area contributed by atoms with Crippen LogP contribution in [-0.4, -0.2) is 0 Å². The molecule has 2 saturated carbocycles. The molecule has 0 aromatic heterocycles. The highest BCUT2D eigenvalue weighted by Gasteiger charge is 2.38. The third kappa shape index (κ3) is 0.980. The Morgan fingerprint density at radius 2 is 1.00 bits per heavy atom. The van der Waals surface area contributed by atoms with Crippen molar-refractivity contribution in [3.8, 4) is 0 Å². The fourth-order valence-corrected chi connectivity index (χ4v) is 3.22. The van der Waals surface area contributed by atoms with Gasteiger partial charge in [-0.1, -0.05) is 13.8 Å². The first-order valence-electron chi connectivity index (χ1n) is 4.75. The lowest BCUT2D eigenvalue weighted by Crippen LogP contribution is -1.95. The zero-order chi connectivity index (χ0) is 7.14. The van der Waals surface area contributed by atoms with Crippen molar-refractivity contribution in [2.24, 2.45) is 23.7 Å². The second kappa shape index (κ2) is 2.25. The fourth-order valence-electron chi connectivity index (χ4n) is 3.22. The van der Waals surface area contributed by atoms with Crippen LogP contribution in [0.25, 0.3) is 0 Å². The van der Waals surface area contributed by atoms with Gasteiger partial charge >= 0.3 is 0 Å². The molecular formula is C10H18. The molecule has 0 aromatic carbocycles. The summed E-state index contributed by atoms with van der Waals surface area (Å²) >= 11 is 0. The molecule has 0 unspecified atom stereocenters. The smallest absolute Gasteiger partial charge is 0.0381 e. The van der Waals surface area contributed by atoms with Crippen LogP contribution in [-0.2, 0) is 0 Å². The summed E-state index contributed by atoms with van der Waals surface area (Å²) in [5.74, 6) is 4.35. The summed E-state index contributed by atoms with van der Waals surface area (Å²) < 4.78 is 0. The third-order valence-electron chi connectivity index (χ3n) is 3.49. The lowest BCUT2D eigenvalue weighted by molar-refractivity contribution is 0.457. The van der Waals surface area contributed by atoms with E-state index in [2.05, 4.69) is 13.8 Å². The van der Waals surface area contributed by atoms with E-state index in [4.69, 9.17) is 0 Å². The van der Waals surface area contributed by atoms with E-state index in [-0.39, 0.29) is 0 Å². The molecular weight excluding hydrogens is 120 g/mol. The topological polar surface area (TPSA) is 0 Å². The Morgan fingerprint density at radius 3 is 1.30 bits per heavy atom. The van der Waals surface area contributed by atoms with Crippen LogP contribution in [0.5, 0.6) is 0 Å². The SMILES string of the molecule is CC1CC2CC(C)CC2C1. The lowest BCUT2D eigenvalue weighted by atomic mass is 10.0. The third-order valence-corrected chi connectivity index (χ3v) is 3.49. The lowest BCUT2D eigenvalue weighted by Gasteiger charge is -2.05. The fraction of sp³-hybridized carbons (Fsp3) is 1.00. The first kappa shape index (κ1) is 6.69. The van der Waals surface area contributed by atoms with E-state index in [9.17, 15) is 0 Å². The standard InChI is InChI=1S/C10H18/c1-7-3-9-5-8(2)6-10(9)4-7/h7-10H,3-6H2,1-2H3. The van der Waals surface area contributed by atoms with Crippen molar-refractivity contribution < 1.29 is 0 Å². The molecule has 2 rings (SSSR count). The number of fused-ring (bicyclic) bond motifs is 1. The Bertz CT molecular complexity index is 100. The van der Waals surface area contributed by atoms with Gasteiger partial charge in [0.05, 0.1) is 0 Å². The van der Waals surface area contributed by atoms with E-state index < -0.39 is 0 Å². The summed E-state index contributed by atoms with van der Waals surface area (Å²) in [4.78, 5) is 0. The van der Waals surface area contributed by atoms with E-state index in [1.54, 1.807) is 0 Å². The minimum absolute atomic E-state index is 1.04. The summed E-state index contributed by atoms with van der Waals surface area (Å²) in [7, 11) is 0. The van der Waals surface area contributed by atoms with E-state index in [1.165, 1.54) is 25.7 Å². The highest BCUT2D eigenvalue weighted by atomic mass is 14.4. The molecule has 2 aliphatic rings. The predicted molar refractivity (Wildman–Crippen MR) is 43.8 cm³/mol. The first-order chi connectivity index (χ1) is 4.75. The van der Waals surface area contributed by atoms with Crippen LogP contribution in [0.3, 0.4) is 0 Å². The largest absolute Gasteiger partial charge is 0.0625 e. The van der Waals surface area contributed by atoms with Crippen molar-refractivity contribution in [3.63, 3.8) is 0 Å². The molecule has 0 radical (unpaired) electrons. The predicted octanol–water partition coefficient (Wildman–Crippen LogP) is 3.08. The van der Waals surface area contributed by atoms with Crippen LogP contribution in [0.4, 0.5) is 0 Å². The summed E-state index contributed by atoms with van der Waals surface area (Å²) in [6, 6.07) is 0. The minimum atomic E-state index is 1.04. The van der Waals surface area contributed by atoms with Crippen LogP contribution in [0, 0.1) is 23.7 Å². The summed E-state index contributed by atoms with van der Waals surface area (Å²) in [6.45, 7) is 4.84. The molecule has 0 aliphatic heterocycles. The second-order valence-corrected chi connectivity index (χ2v) is 4.67. The molecule has 2 fully saturated rings. The molecule has 0 heteroatoms. The Labute approximate surface area is 64.0 Å². The van der Waals surface area contributed by atoms with Crippen LogP contribution >= 0.6 is 0 Å². The van der Waals surface area contributed by atoms with Gasteiger partial charge in [-0.3, -0.25) is 0 Å². The van der Waals surface area contributed by atoms with Crippen LogP contribution in [0.15, 0.2) is 0 Å².